The molecule has 0 amide bonds. The van der Waals surface area contributed by atoms with Crippen molar-refractivity contribution in [2.45, 2.75) is 11.8 Å². The van der Waals surface area contributed by atoms with Crippen LogP contribution < -0.4 is 10.5 Å². The van der Waals surface area contributed by atoms with Gasteiger partial charge in [-0.25, -0.2) is 0 Å². The summed E-state index contributed by atoms with van der Waals surface area (Å²) in [5.74, 6) is 0.603. The van der Waals surface area contributed by atoms with E-state index < -0.39 is 10.0 Å². The highest BCUT2D eigenvalue weighted by molar-refractivity contribution is 7.90. The minimum absolute atomic E-state index is 0.0572. The molecule has 0 aliphatic carbocycles. The lowest BCUT2D eigenvalue weighted by molar-refractivity contribution is 0.415. The average Bonchev–Trinajstić information content (AvgIpc) is 2.47. The van der Waals surface area contributed by atoms with Gasteiger partial charge < -0.3 is 10.5 Å². The van der Waals surface area contributed by atoms with Crippen LogP contribution in [0.2, 0.25) is 0 Å². The van der Waals surface area contributed by atoms with Crippen LogP contribution in [-0.4, -0.2) is 21.4 Å². The van der Waals surface area contributed by atoms with Crippen molar-refractivity contribution in [3.63, 3.8) is 0 Å². The first-order chi connectivity index (χ1) is 9.92. The molecule has 0 saturated carbocycles. The second kappa shape index (κ2) is 5.97. The fraction of sp³-hybridized carbons (Fsp3) is 0.133. The van der Waals surface area contributed by atoms with Crippen LogP contribution in [0.15, 0.2) is 57.8 Å². The van der Waals surface area contributed by atoms with E-state index in [2.05, 4.69) is 4.40 Å². The molecule has 110 valence electrons. The van der Waals surface area contributed by atoms with Crippen LogP contribution in [0, 0.1) is 6.92 Å². The number of rotatable bonds is 4. The van der Waals surface area contributed by atoms with Crippen molar-refractivity contribution in [2.75, 3.05) is 7.11 Å². The van der Waals surface area contributed by atoms with Crippen LogP contribution in [0.4, 0.5) is 0 Å². The molecule has 2 N–H and O–H groups in total. The highest BCUT2D eigenvalue weighted by Crippen LogP contribution is 2.15. The topological polar surface area (TPSA) is 81.8 Å². The molecule has 0 heterocycles. The van der Waals surface area contributed by atoms with E-state index in [9.17, 15) is 8.42 Å². The van der Waals surface area contributed by atoms with Gasteiger partial charge in [0.05, 0.1) is 12.0 Å². The number of aryl methyl sites for hydroxylation is 1. The third kappa shape index (κ3) is 3.61. The van der Waals surface area contributed by atoms with Gasteiger partial charge in [0.25, 0.3) is 10.0 Å². The number of benzene rings is 2. The van der Waals surface area contributed by atoms with E-state index in [-0.39, 0.29) is 10.7 Å². The quantitative estimate of drug-likeness (QED) is 0.692. The molecule has 0 atom stereocenters. The molecular weight excluding hydrogens is 288 g/mol. The minimum Gasteiger partial charge on any atom is -0.497 e. The number of nitrogens with zero attached hydrogens (tertiary/aromatic N) is 1. The molecule has 0 aliphatic rings. The van der Waals surface area contributed by atoms with Crippen LogP contribution in [0.25, 0.3) is 0 Å². The Hall–Kier alpha value is -2.34. The number of hydrogen-bond donors (Lipinski definition) is 1. The Bertz CT molecular complexity index is 749. The molecule has 0 aliphatic heterocycles. The summed E-state index contributed by atoms with van der Waals surface area (Å²) in [6.45, 7) is 1.88. The van der Waals surface area contributed by atoms with Gasteiger partial charge in [-0.2, -0.15) is 8.42 Å². The molecule has 0 radical (unpaired) electrons. The van der Waals surface area contributed by atoms with E-state index in [1.807, 2.05) is 6.92 Å². The molecule has 2 aromatic carbocycles. The van der Waals surface area contributed by atoms with E-state index in [4.69, 9.17) is 10.5 Å². The predicted octanol–water partition coefficient (Wildman–Crippen LogP) is 2.10. The van der Waals surface area contributed by atoms with Crippen molar-refractivity contribution in [3.8, 4) is 5.75 Å². The maximum Gasteiger partial charge on any atom is 0.284 e. The lowest BCUT2D eigenvalue weighted by Gasteiger charge is -2.04. The van der Waals surface area contributed by atoms with Crippen LogP contribution in [0.5, 0.6) is 5.75 Å². The van der Waals surface area contributed by atoms with Crippen LogP contribution in [-0.2, 0) is 10.0 Å². The lowest BCUT2D eigenvalue weighted by Crippen LogP contribution is -2.16. The summed E-state index contributed by atoms with van der Waals surface area (Å²) < 4.78 is 33.0. The Morgan fingerprint density at radius 3 is 2.14 bits per heavy atom. The van der Waals surface area contributed by atoms with Crippen LogP contribution in [0.1, 0.15) is 11.1 Å². The maximum atomic E-state index is 12.2. The second-order valence-electron chi connectivity index (χ2n) is 4.49. The van der Waals surface area contributed by atoms with Gasteiger partial charge in [-0.05, 0) is 43.3 Å². The Kier molecular flexibility index (Phi) is 4.28. The molecule has 6 heteroatoms. The van der Waals surface area contributed by atoms with E-state index in [1.165, 1.54) is 12.1 Å². The molecule has 2 aromatic rings. The first-order valence-corrected chi connectivity index (χ1v) is 7.68. The molecular formula is C15H16N2O3S. The van der Waals surface area contributed by atoms with Gasteiger partial charge >= 0.3 is 0 Å². The fourth-order valence-electron chi connectivity index (χ4n) is 1.71. The van der Waals surface area contributed by atoms with E-state index in [0.29, 0.717) is 11.3 Å². The summed E-state index contributed by atoms with van der Waals surface area (Å²) >= 11 is 0. The SMILES string of the molecule is COc1ccc(C(N)=NS(=O)(=O)c2ccc(C)cc2)cc1. The molecule has 5 nitrogen and oxygen atoms in total. The predicted molar refractivity (Wildman–Crippen MR) is 82.1 cm³/mol. The highest BCUT2D eigenvalue weighted by atomic mass is 32.2. The summed E-state index contributed by atoms with van der Waals surface area (Å²) in [5, 5.41) is 0. The van der Waals surface area contributed by atoms with Gasteiger partial charge in [0, 0.05) is 5.56 Å². The Balaban J connectivity index is 2.33. The smallest absolute Gasteiger partial charge is 0.284 e. The van der Waals surface area contributed by atoms with Gasteiger partial charge in [0.15, 0.2) is 0 Å². The summed E-state index contributed by atoms with van der Waals surface area (Å²) in [7, 11) is -2.26. The average molecular weight is 304 g/mol. The second-order valence-corrected chi connectivity index (χ2v) is 6.10. The number of methoxy groups -OCH3 is 1. The van der Waals surface area contributed by atoms with Gasteiger partial charge in [-0.3, -0.25) is 0 Å². The molecule has 2 rings (SSSR count). The first-order valence-electron chi connectivity index (χ1n) is 6.24. The highest BCUT2D eigenvalue weighted by Gasteiger charge is 2.13. The van der Waals surface area contributed by atoms with Crippen LogP contribution in [0.3, 0.4) is 0 Å². The Labute approximate surface area is 124 Å². The number of nitrogens with two attached hydrogens (primary N) is 1. The zero-order chi connectivity index (χ0) is 15.5. The molecule has 0 bridgehead atoms. The zero-order valence-corrected chi connectivity index (χ0v) is 12.6. The lowest BCUT2D eigenvalue weighted by atomic mass is 10.2. The monoisotopic (exact) mass is 304 g/mol. The van der Waals surface area contributed by atoms with Crippen molar-refractivity contribution in [3.05, 3.63) is 59.7 Å². The van der Waals surface area contributed by atoms with Gasteiger partial charge in [-0.15, -0.1) is 4.40 Å². The van der Waals surface area contributed by atoms with E-state index >= 15 is 0 Å². The summed E-state index contributed by atoms with van der Waals surface area (Å²) in [5.41, 5.74) is 7.26. The third-order valence-electron chi connectivity index (χ3n) is 2.92. The molecule has 0 aromatic heterocycles. The van der Waals surface area contributed by atoms with Gasteiger partial charge in [0.2, 0.25) is 0 Å². The van der Waals surface area contributed by atoms with Crippen molar-refractivity contribution >= 4 is 15.9 Å². The normalized spacial score (nSPS) is 12.2. The maximum absolute atomic E-state index is 12.2. The number of amidine groups is 1. The van der Waals surface area contributed by atoms with E-state index in [1.54, 1.807) is 43.5 Å². The molecule has 0 spiro atoms. The molecule has 0 unspecified atom stereocenters. The van der Waals surface area contributed by atoms with Crippen LogP contribution >= 0.6 is 0 Å². The largest absolute Gasteiger partial charge is 0.497 e. The minimum atomic E-state index is -3.81. The summed E-state index contributed by atoms with van der Waals surface area (Å²) in [4.78, 5) is 0.115. The van der Waals surface area contributed by atoms with Gasteiger partial charge in [0.1, 0.15) is 11.6 Å². The zero-order valence-electron chi connectivity index (χ0n) is 11.8. The molecule has 21 heavy (non-hydrogen) atoms. The first kappa shape index (κ1) is 15.1. The molecule has 0 fully saturated rings. The third-order valence-corrected chi connectivity index (χ3v) is 4.23. The van der Waals surface area contributed by atoms with Gasteiger partial charge in [-0.1, -0.05) is 17.7 Å². The van der Waals surface area contributed by atoms with Crippen molar-refractivity contribution in [2.24, 2.45) is 10.1 Å². The standard InChI is InChI=1S/C15H16N2O3S/c1-11-3-9-14(10-4-11)21(18,19)17-15(16)12-5-7-13(20-2)8-6-12/h3-10H,1-2H3,(H2,16,17). The summed E-state index contributed by atoms with van der Waals surface area (Å²) in [6, 6.07) is 13.1. The van der Waals surface area contributed by atoms with E-state index in [0.717, 1.165) is 5.56 Å². The van der Waals surface area contributed by atoms with Crippen molar-refractivity contribution in [1.29, 1.82) is 0 Å². The summed E-state index contributed by atoms with van der Waals surface area (Å²) in [6.07, 6.45) is 0. The number of hydrogen-bond acceptors (Lipinski definition) is 3. The number of ether oxygens (including phenoxy) is 1. The fourth-order valence-corrected chi connectivity index (χ4v) is 2.66. The Morgan fingerprint density at radius 1 is 1.05 bits per heavy atom. The number of sulfonamides is 1. The van der Waals surface area contributed by atoms with Crippen molar-refractivity contribution in [1.82, 2.24) is 0 Å². The Morgan fingerprint density at radius 2 is 1.62 bits per heavy atom. The molecule has 0 saturated heterocycles. The van der Waals surface area contributed by atoms with Crippen molar-refractivity contribution < 1.29 is 13.2 Å².